The molecule has 0 fully saturated rings. The van der Waals surface area contributed by atoms with Crippen LogP contribution < -0.4 is 20.8 Å². The van der Waals surface area contributed by atoms with E-state index in [0.717, 1.165) is 11.3 Å². The molecule has 2 aromatic rings. The summed E-state index contributed by atoms with van der Waals surface area (Å²) in [5.41, 5.74) is 7.00. The van der Waals surface area contributed by atoms with E-state index in [9.17, 15) is 4.79 Å². The molecular weight excluding hydrogens is 306 g/mol. The zero-order chi connectivity index (χ0) is 14.8. The molecule has 2 heterocycles. The Morgan fingerprint density at radius 1 is 1.45 bits per heavy atom. The van der Waals surface area contributed by atoms with Crippen LogP contribution in [0.1, 0.15) is 18.0 Å². The summed E-state index contributed by atoms with van der Waals surface area (Å²) in [6.07, 6.45) is 2.04. The Kier molecular flexibility index (Phi) is 5.05. The maximum Gasteiger partial charge on any atom is 0.266 e. The van der Waals surface area contributed by atoms with Crippen molar-refractivity contribution in [3.8, 4) is 11.5 Å². The topological polar surface area (TPSA) is 79.4 Å². The highest BCUT2D eigenvalue weighted by Gasteiger charge is 2.27. The second-order valence-electron chi connectivity index (χ2n) is 5.03. The fourth-order valence-corrected chi connectivity index (χ4v) is 2.52. The summed E-state index contributed by atoms with van der Waals surface area (Å²) < 4.78 is 12.5. The second kappa shape index (κ2) is 6.81. The first-order chi connectivity index (χ1) is 10.2. The van der Waals surface area contributed by atoms with Crippen LogP contribution in [0, 0.1) is 0 Å². The fourth-order valence-electron chi connectivity index (χ4n) is 2.52. The van der Waals surface area contributed by atoms with Gasteiger partial charge in [-0.15, -0.1) is 12.4 Å². The predicted octanol–water partition coefficient (Wildman–Crippen LogP) is 1.52. The van der Waals surface area contributed by atoms with Gasteiger partial charge in [0.25, 0.3) is 5.56 Å². The quantitative estimate of drug-likeness (QED) is 0.926. The zero-order valence-corrected chi connectivity index (χ0v) is 13.0. The highest BCUT2D eigenvalue weighted by atomic mass is 35.5. The van der Waals surface area contributed by atoms with Crippen molar-refractivity contribution >= 4 is 12.4 Å². The van der Waals surface area contributed by atoms with Crippen LogP contribution >= 0.6 is 12.4 Å². The smallest absolute Gasteiger partial charge is 0.266 e. The largest absolute Gasteiger partial charge is 0.497 e. The first kappa shape index (κ1) is 16.3. The molecule has 2 atom stereocenters. The normalized spacial score (nSPS) is 19.5. The molecule has 0 saturated carbocycles. The minimum atomic E-state index is -0.188. The Bertz CT molecular complexity index is 704. The van der Waals surface area contributed by atoms with Gasteiger partial charge in [-0.05, 0) is 12.1 Å². The summed E-state index contributed by atoms with van der Waals surface area (Å²) in [7, 11) is 1.61. The van der Waals surface area contributed by atoms with Crippen molar-refractivity contribution in [2.45, 2.75) is 25.1 Å². The lowest BCUT2D eigenvalue weighted by Crippen LogP contribution is -2.36. The molecule has 0 aliphatic carbocycles. The van der Waals surface area contributed by atoms with Gasteiger partial charge in [-0.25, -0.2) is 4.68 Å². The number of ether oxygens (including phenoxy) is 2. The Balaban J connectivity index is 0.00000176. The van der Waals surface area contributed by atoms with Gasteiger partial charge in [-0.1, -0.05) is 6.07 Å². The number of methoxy groups -OCH3 is 1. The fraction of sp³-hybridized carbons (Fsp3) is 0.333. The molecule has 1 aliphatic heterocycles. The summed E-state index contributed by atoms with van der Waals surface area (Å²) in [4.78, 5) is 11.7. The van der Waals surface area contributed by atoms with Crippen LogP contribution in [0.4, 0.5) is 0 Å². The molecule has 1 aromatic carbocycles. The lowest BCUT2D eigenvalue weighted by Gasteiger charge is -2.30. The first-order valence-corrected chi connectivity index (χ1v) is 6.79. The number of hydrogen-bond donors (Lipinski definition) is 1. The number of benzene rings is 1. The van der Waals surface area contributed by atoms with Crippen molar-refractivity contribution in [3.05, 3.63) is 52.4 Å². The summed E-state index contributed by atoms with van der Waals surface area (Å²) in [5.74, 6) is 1.43. The molecule has 0 bridgehead atoms. The molecule has 0 spiro atoms. The highest BCUT2D eigenvalue weighted by molar-refractivity contribution is 5.85. The van der Waals surface area contributed by atoms with Gasteiger partial charge in [0.05, 0.1) is 13.7 Å². The molecule has 1 aromatic heterocycles. The van der Waals surface area contributed by atoms with Crippen molar-refractivity contribution < 1.29 is 9.47 Å². The molecule has 7 heteroatoms. The molecule has 22 heavy (non-hydrogen) atoms. The van der Waals surface area contributed by atoms with Crippen LogP contribution in [-0.2, 0) is 6.54 Å². The van der Waals surface area contributed by atoms with Crippen molar-refractivity contribution in [1.29, 1.82) is 0 Å². The predicted molar refractivity (Wildman–Crippen MR) is 84.7 cm³/mol. The molecule has 0 unspecified atom stereocenters. The van der Waals surface area contributed by atoms with Crippen LogP contribution in [0.2, 0.25) is 0 Å². The van der Waals surface area contributed by atoms with Crippen molar-refractivity contribution in [3.63, 3.8) is 0 Å². The maximum atomic E-state index is 11.7. The summed E-state index contributed by atoms with van der Waals surface area (Å²) in [6, 6.07) is 8.58. The highest BCUT2D eigenvalue weighted by Crippen LogP contribution is 2.36. The van der Waals surface area contributed by atoms with Crippen LogP contribution in [-0.4, -0.2) is 23.0 Å². The van der Waals surface area contributed by atoms with Gasteiger partial charge in [0.2, 0.25) is 0 Å². The lowest BCUT2D eigenvalue weighted by atomic mass is 9.97. The van der Waals surface area contributed by atoms with E-state index in [4.69, 9.17) is 15.2 Å². The van der Waals surface area contributed by atoms with Crippen LogP contribution in [0.3, 0.4) is 0 Å². The Hall–Kier alpha value is -2.05. The molecule has 118 valence electrons. The zero-order valence-electron chi connectivity index (χ0n) is 12.1. The van der Waals surface area contributed by atoms with Crippen LogP contribution in [0.25, 0.3) is 0 Å². The monoisotopic (exact) mass is 323 g/mol. The van der Waals surface area contributed by atoms with Crippen molar-refractivity contribution in [2.75, 3.05) is 7.11 Å². The van der Waals surface area contributed by atoms with Gasteiger partial charge < -0.3 is 15.2 Å². The Morgan fingerprint density at radius 3 is 3.00 bits per heavy atom. The van der Waals surface area contributed by atoms with Crippen molar-refractivity contribution in [1.82, 2.24) is 9.78 Å². The van der Waals surface area contributed by atoms with Gasteiger partial charge in [-0.3, -0.25) is 4.79 Å². The SMILES string of the molecule is COc1ccc2c(c1)O[C@H](Cn1ncccc1=O)C[C@@H]2N.Cl. The molecule has 2 N–H and O–H groups in total. The van der Waals surface area contributed by atoms with Gasteiger partial charge in [0, 0.05) is 36.4 Å². The van der Waals surface area contributed by atoms with E-state index >= 15 is 0 Å². The maximum absolute atomic E-state index is 11.7. The van der Waals surface area contributed by atoms with Gasteiger partial charge in [-0.2, -0.15) is 5.10 Å². The van der Waals surface area contributed by atoms with Gasteiger partial charge in [0.1, 0.15) is 17.6 Å². The molecular formula is C15H18ClN3O3. The molecule has 0 saturated heterocycles. The van der Waals surface area contributed by atoms with E-state index in [2.05, 4.69) is 5.10 Å². The standard InChI is InChI=1S/C15H17N3O3.ClH/c1-20-10-4-5-12-13(16)7-11(21-14(12)8-10)9-18-15(19)3-2-6-17-18;/h2-6,8,11,13H,7,9,16H2,1H3;1H/t11-,13-;/m0./s1. The molecule has 6 nitrogen and oxygen atoms in total. The minimum absolute atomic E-state index is 0. The Labute approximate surface area is 134 Å². The van der Waals surface area contributed by atoms with E-state index in [1.807, 2.05) is 18.2 Å². The lowest BCUT2D eigenvalue weighted by molar-refractivity contribution is 0.134. The summed E-state index contributed by atoms with van der Waals surface area (Å²) >= 11 is 0. The summed E-state index contributed by atoms with van der Waals surface area (Å²) in [5, 5.41) is 4.05. The third-order valence-electron chi connectivity index (χ3n) is 3.59. The second-order valence-corrected chi connectivity index (χ2v) is 5.03. The molecule has 1 aliphatic rings. The number of aromatic nitrogens is 2. The molecule has 0 radical (unpaired) electrons. The first-order valence-electron chi connectivity index (χ1n) is 6.79. The van der Waals surface area contributed by atoms with E-state index in [1.54, 1.807) is 19.4 Å². The number of fused-ring (bicyclic) bond motifs is 1. The van der Waals surface area contributed by atoms with Crippen LogP contribution in [0.15, 0.2) is 41.3 Å². The van der Waals surface area contributed by atoms with Gasteiger partial charge >= 0.3 is 0 Å². The average Bonchev–Trinajstić information content (AvgIpc) is 2.49. The average molecular weight is 324 g/mol. The molecule has 0 amide bonds. The minimum Gasteiger partial charge on any atom is -0.497 e. The van der Waals surface area contributed by atoms with E-state index in [1.165, 1.54) is 10.7 Å². The number of hydrogen-bond acceptors (Lipinski definition) is 5. The number of nitrogens with two attached hydrogens (primary N) is 1. The number of nitrogens with zero attached hydrogens (tertiary/aromatic N) is 2. The third-order valence-corrected chi connectivity index (χ3v) is 3.59. The van der Waals surface area contributed by atoms with Crippen molar-refractivity contribution in [2.24, 2.45) is 5.73 Å². The third kappa shape index (κ3) is 3.23. The number of rotatable bonds is 3. The van der Waals surface area contributed by atoms with E-state index in [-0.39, 0.29) is 30.1 Å². The summed E-state index contributed by atoms with van der Waals surface area (Å²) in [6.45, 7) is 0.379. The van der Waals surface area contributed by atoms with Gasteiger partial charge in [0.15, 0.2) is 0 Å². The van der Waals surface area contributed by atoms with Crippen LogP contribution in [0.5, 0.6) is 11.5 Å². The molecule has 3 rings (SSSR count). The van der Waals surface area contributed by atoms with E-state index in [0.29, 0.717) is 18.7 Å². The Morgan fingerprint density at radius 2 is 2.27 bits per heavy atom. The van der Waals surface area contributed by atoms with E-state index < -0.39 is 0 Å². The number of halogens is 1.